The molecule has 90 valence electrons. The standard InChI is InChI=1S/C13H27NO/c1-13(2,15-3)10-12(14)11-8-6-4-5-7-9-11/h11-12H,4-10,14H2,1-3H3. The van der Waals surface area contributed by atoms with Gasteiger partial charge in [0.15, 0.2) is 0 Å². The first-order valence-electron chi connectivity index (χ1n) is 6.36. The molecular formula is C13H27NO. The van der Waals surface area contributed by atoms with Gasteiger partial charge in [-0.3, -0.25) is 0 Å². The Kier molecular flexibility index (Phi) is 5.07. The molecule has 1 aliphatic rings. The van der Waals surface area contributed by atoms with Crippen molar-refractivity contribution in [3.63, 3.8) is 0 Å². The van der Waals surface area contributed by atoms with Crippen LogP contribution < -0.4 is 5.73 Å². The predicted octanol–water partition coefficient (Wildman–Crippen LogP) is 3.10. The fourth-order valence-electron chi connectivity index (χ4n) is 2.56. The molecule has 2 N–H and O–H groups in total. The van der Waals surface area contributed by atoms with Crippen molar-refractivity contribution in [3.8, 4) is 0 Å². The van der Waals surface area contributed by atoms with Crippen LogP contribution >= 0.6 is 0 Å². The molecule has 1 unspecified atom stereocenters. The molecule has 0 aliphatic heterocycles. The van der Waals surface area contributed by atoms with Gasteiger partial charge < -0.3 is 10.5 Å². The van der Waals surface area contributed by atoms with Gasteiger partial charge in [0.25, 0.3) is 0 Å². The minimum absolute atomic E-state index is 0.0638. The van der Waals surface area contributed by atoms with Crippen LogP contribution in [0.1, 0.15) is 58.8 Å². The maximum Gasteiger partial charge on any atom is 0.0637 e. The van der Waals surface area contributed by atoms with Gasteiger partial charge >= 0.3 is 0 Å². The van der Waals surface area contributed by atoms with E-state index >= 15 is 0 Å². The molecule has 1 fully saturated rings. The summed E-state index contributed by atoms with van der Waals surface area (Å²) >= 11 is 0. The van der Waals surface area contributed by atoms with Crippen LogP contribution in [0.25, 0.3) is 0 Å². The van der Waals surface area contributed by atoms with Crippen LogP contribution in [-0.2, 0) is 4.74 Å². The zero-order valence-electron chi connectivity index (χ0n) is 10.6. The number of hydrogen-bond donors (Lipinski definition) is 1. The number of nitrogens with two attached hydrogens (primary N) is 1. The highest BCUT2D eigenvalue weighted by molar-refractivity contribution is 4.82. The van der Waals surface area contributed by atoms with Crippen LogP contribution in [0.3, 0.4) is 0 Å². The molecular weight excluding hydrogens is 186 g/mol. The van der Waals surface area contributed by atoms with Crippen molar-refractivity contribution in [2.24, 2.45) is 11.7 Å². The molecule has 2 nitrogen and oxygen atoms in total. The van der Waals surface area contributed by atoms with Crippen molar-refractivity contribution in [1.82, 2.24) is 0 Å². The van der Waals surface area contributed by atoms with E-state index in [9.17, 15) is 0 Å². The summed E-state index contributed by atoms with van der Waals surface area (Å²) in [6.45, 7) is 4.26. The Hall–Kier alpha value is -0.0800. The number of hydrogen-bond acceptors (Lipinski definition) is 2. The van der Waals surface area contributed by atoms with E-state index < -0.39 is 0 Å². The van der Waals surface area contributed by atoms with Gasteiger partial charge in [0.05, 0.1) is 5.60 Å². The van der Waals surface area contributed by atoms with E-state index in [0.717, 1.165) is 12.3 Å². The van der Waals surface area contributed by atoms with E-state index in [1.807, 2.05) is 0 Å². The molecule has 0 saturated heterocycles. The van der Waals surface area contributed by atoms with Gasteiger partial charge in [-0.2, -0.15) is 0 Å². The minimum Gasteiger partial charge on any atom is -0.379 e. The Morgan fingerprint density at radius 2 is 1.73 bits per heavy atom. The smallest absolute Gasteiger partial charge is 0.0637 e. The van der Waals surface area contributed by atoms with E-state index in [4.69, 9.17) is 10.5 Å². The quantitative estimate of drug-likeness (QED) is 0.728. The summed E-state index contributed by atoms with van der Waals surface area (Å²) in [5.74, 6) is 0.724. The largest absolute Gasteiger partial charge is 0.379 e. The third-order valence-corrected chi connectivity index (χ3v) is 3.79. The second kappa shape index (κ2) is 5.86. The first-order chi connectivity index (χ1) is 7.05. The van der Waals surface area contributed by atoms with Crippen molar-refractivity contribution in [3.05, 3.63) is 0 Å². The third kappa shape index (κ3) is 4.52. The lowest BCUT2D eigenvalue weighted by molar-refractivity contribution is 0.00478. The molecule has 0 aromatic heterocycles. The van der Waals surface area contributed by atoms with E-state index in [1.54, 1.807) is 7.11 Å². The summed E-state index contributed by atoms with van der Waals surface area (Å²) in [4.78, 5) is 0. The molecule has 1 aliphatic carbocycles. The van der Waals surface area contributed by atoms with Gasteiger partial charge in [-0.25, -0.2) is 0 Å². The SMILES string of the molecule is COC(C)(C)CC(N)C1CCCCCC1. The van der Waals surface area contributed by atoms with Gasteiger partial charge in [-0.15, -0.1) is 0 Å². The van der Waals surface area contributed by atoms with Crippen molar-refractivity contribution >= 4 is 0 Å². The fraction of sp³-hybridized carbons (Fsp3) is 1.00. The van der Waals surface area contributed by atoms with Crippen LogP contribution in [-0.4, -0.2) is 18.8 Å². The van der Waals surface area contributed by atoms with E-state index in [-0.39, 0.29) is 5.60 Å². The molecule has 0 aromatic carbocycles. The lowest BCUT2D eigenvalue weighted by Gasteiger charge is -2.30. The molecule has 0 heterocycles. The molecule has 0 radical (unpaired) electrons. The Bertz CT molecular complexity index is 171. The summed E-state index contributed by atoms with van der Waals surface area (Å²) in [6.07, 6.45) is 9.15. The van der Waals surface area contributed by atoms with Gasteiger partial charge in [0.1, 0.15) is 0 Å². The fourth-order valence-corrected chi connectivity index (χ4v) is 2.56. The second-order valence-electron chi connectivity index (χ2n) is 5.58. The lowest BCUT2D eigenvalue weighted by atomic mass is 9.85. The summed E-state index contributed by atoms with van der Waals surface area (Å²) in [5, 5.41) is 0. The van der Waals surface area contributed by atoms with Crippen LogP contribution in [0.5, 0.6) is 0 Å². The molecule has 0 spiro atoms. The lowest BCUT2D eigenvalue weighted by Crippen LogP contribution is -2.38. The normalized spacial score (nSPS) is 22.4. The van der Waals surface area contributed by atoms with Crippen molar-refractivity contribution in [2.75, 3.05) is 7.11 Å². The average Bonchev–Trinajstić information content (AvgIpc) is 2.45. The van der Waals surface area contributed by atoms with E-state index in [0.29, 0.717) is 6.04 Å². The van der Waals surface area contributed by atoms with Crippen LogP contribution in [0.2, 0.25) is 0 Å². The molecule has 1 saturated carbocycles. The summed E-state index contributed by atoms with van der Waals surface area (Å²) in [7, 11) is 1.78. The maximum absolute atomic E-state index is 6.30. The van der Waals surface area contributed by atoms with Gasteiger partial charge in [-0.05, 0) is 39.0 Å². The predicted molar refractivity (Wildman–Crippen MR) is 64.9 cm³/mol. The van der Waals surface area contributed by atoms with Crippen LogP contribution in [0, 0.1) is 5.92 Å². The molecule has 2 heteroatoms. The Morgan fingerprint density at radius 1 is 1.20 bits per heavy atom. The summed E-state index contributed by atoms with van der Waals surface area (Å²) in [5.41, 5.74) is 6.24. The highest BCUT2D eigenvalue weighted by Gasteiger charge is 2.26. The minimum atomic E-state index is -0.0638. The number of ether oxygens (including phenoxy) is 1. The monoisotopic (exact) mass is 213 g/mol. The third-order valence-electron chi connectivity index (χ3n) is 3.79. The first kappa shape index (κ1) is 13.0. The highest BCUT2D eigenvalue weighted by atomic mass is 16.5. The highest BCUT2D eigenvalue weighted by Crippen LogP contribution is 2.28. The zero-order valence-corrected chi connectivity index (χ0v) is 10.6. The Balaban J connectivity index is 2.40. The van der Waals surface area contributed by atoms with Crippen LogP contribution in [0.15, 0.2) is 0 Å². The maximum atomic E-state index is 6.30. The van der Waals surface area contributed by atoms with Crippen molar-refractivity contribution < 1.29 is 4.74 Å². The van der Waals surface area contributed by atoms with Crippen LogP contribution in [0.4, 0.5) is 0 Å². The molecule has 1 atom stereocenters. The molecule has 15 heavy (non-hydrogen) atoms. The molecule has 0 amide bonds. The van der Waals surface area contributed by atoms with Crippen molar-refractivity contribution in [2.45, 2.75) is 70.4 Å². The first-order valence-corrected chi connectivity index (χ1v) is 6.36. The molecule has 1 rings (SSSR count). The number of methoxy groups -OCH3 is 1. The van der Waals surface area contributed by atoms with Crippen molar-refractivity contribution in [1.29, 1.82) is 0 Å². The molecule has 0 bridgehead atoms. The molecule has 0 aromatic rings. The van der Waals surface area contributed by atoms with E-state index in [2.05, 4.69) is 13.8 Å². The number of rotatable bonds is 4. The van der Waals surface area contributed by atoms with E-state index in [1.165, 1.54) is 38.5 Å². The van der Waals surface area contributed by atoms with Gasteiger partial charge in [0.2, 0.25) is 0 Å². The summed E-state index contributed by atoms with van der Waals surface area (Å²) < 4.78 is 5.45. The van der Waals surface area contributed by atoms with Gasteiger partial charge in [-0.1, -0.05) is 25.7 Å². The average molecular weight is 213 g/mol. The topological polar surface area (TPSA) is 35.2 Å². The summed E-state index contributed by atoms with van der Waals surface area (Å²) in [6, 6.07) is 0.318. The van der Waals surface area contributed by atoms with Gasteiger partial charge in [0, 0.05) is 13.2 Å². The Morgan fingerprint density at radius 3 is 2.20 bits per heavy atom. The Labute approximate surface area is 94.6 Å². The second-order valence-corrected chi connectivity index (χ2v) is 5.58. The zero-order chi connectivity index (χ0) is 11.3.